The summed E-state index contributed by atoms with van der Waals surface area (Å²) >= 11 is 0. The molecule has 0 aliphatic heterocycles. The molecule has 2 atom stereocenters. The Morgan fingerprint density at radius 1 is 0.895 bits per heavy atom. The Balaban J connectivity index is 3.24. The van der Waals surface area contributed by atoms with Crippen LogP contribution in [0.15, 0.2) is 18.2 Å². The molecular weight excluding hydrogens is 498 g/mol. The van der Waals surface area contributed by atoms with Gasteiger partial charge in [-0.1, -0.05) is 19.9 Å². The quantitative estimate of drug-likeness (QED) is 0.250. The summed E-state index contributed by atoms with van der Waals surface area (Å²) in [4.78, 5) is 49.2. The zero-order valence-corrected chi connectivity index (χ0v) is 23.8. The van der Waals surface area contributed by atoms with Gasteiger partial charge in [-0.2, -0.15) is 0 Å². The highest BCUT2D eigenvalue weighted by molar-refractivity contribution is 5.81. The lowest BCUT2D eigenvalue weighted by Gasteiger charge is -2.27. The minimum absolute atomic E-state index is 0.0275. The molecule has 0 aromatic heterocycles. The highest BCUT2D eigenvalue weighted by atomic mass is 16.8. The summed E-state index contributed by atoms with van der Waals surface area (Å²) in [6, 6.07) is 4.30. The molecule has 0 spiro atoms. The van der Waals surface area contributed by atoms with Gasteiger partial charge < -0.3 is 34.2 Å². The maximum atomic E-state index is 12.6. The van der Waals surface area contributed by atoms with Crippen molar-refractivity contribution in [2.45, 2.75) is 91.4 Å². The molecule has 0 bridgehead atoms. The fourth-order valence-corrected chi connectivity index (χ4v) is 3.02. The number of rotatable bonds is 10. The Morgan fingerprint density at radius 3 is 1.89 bits per heavy atom. The summed E-state index contributed by atoms with van der Waals surface area (Å²) in [5, 5.41) is 0. The van der Waals surface area contributed by atoms with E-state index in [1.165, 1.54) is 25.3 Å². The highest BCUT2D eigenvalue weighted by Crippen LogP contribution is 2.32. The van der Waals surface area contributed by atoms with Crippen LogP contribution in [0, 0.1) is 5.92 Å². The molecule has 2 N–H and O–H groups in total. The van der Waals surface area contributed by atoms with Crippen LogP contribution in [0.2, 0.25) is 0 Å². The SMILES string of the molecule is CC[C@H](C)C(=O)OCCC(N)(Cc1ccc(OC(=O)OC(C)(C)C)c(OC(=O)OC(C)(C)C)c1)C(=O)OC. The third kappa shape index (κ3) is 11.4. The average molecular weight is 540 g/mol. The minimum atomic E-state index is -1.57. The van der Waals surface area contributed by atoms with E-state index in [1.54, 1.807) is 48.5 Å². The molecule has 0 fully saturated rings. The molecular formula is C27H41NO10. The van der Waals surface area contributed by atoms with Crippen LogP contribution in [0.4, 0.5) is 9.59 Å². The van der Waals surface area contributed by atoms with Gasteiger partial charge in [-0.3, -0.25) is 9.59 Å². The molecule has 1 unspecified atom stereocenters. The third-order valence-corrected chi connectivity index (χ3v) is 5.09. The van der Waals surface area contributed by atoms with E-state index in [0.29, 0.717) is 12.0 Å². The summed E-state index contributed by atoms with van der Waals surface area (Å²) in [5.41, 5.74) is 3.61. The molecule has 1 aromatic carbocycles. The van der Waals surface area contributed by atoms with Crippen molar-refractivity contribution in [1.29, 1.82) is 0 Å². The molecule has 38 heavy (non-hydrogen) atoms. The molecule has 0 saturated carbocycles. The standard InChI is InChI=1S/C27H41NO10/c1-10-17(2)21(29)34-14-13-27(28,22(30)33-9)16-18-11-12-19(35-23(31)37-25(3,4)5)20(15-18)36-24(32)38-26(6,7)8/h11-12,15,17H,10,13-14,16,28H2,1-9H3/t17-,27?/m0/s1. The van der Waals surface area contributed by atoms with Crippen molar-refractivity contribution in [3.05, 3.63) is 23.8 Å². The molecule has 214 valence electrons. The first-order chi connectivity index (χ1) is 17.4. The summed E-state index contributed by atoms with van der Waals surface area (Å²) in [6.45, 7) is 13.5. The van der Waals surface area contributed by atoms with Crippen molar-refractivity contribution in [3.63, 3.8) is 0 Å². The number of esters is 2. The number of ether oxygens (including phenoxy) is 6. The van der Waals surface area contributed by atoms with Gasteiger partial charge in [0.05, 0.1) is 19.6 Å². The van der Waals surface area contributed by atoms with Crippen LogP contribution in [0.25, 0.3) is 0 Å². The van der Waals surface area contributed by atoms with E-state index in [-0.39, 0.29) is 36.9 Å². The predicted octanol–water partition coefficient (Wildman–Crippen LogP) is 4.71. The largest absolute Gasteiger partial charge is 0.514 e. The van der Waals surface area contributed by atoms with Crippen LogP contribution in [-0.2, 0) is 35.0 Å². The van der Waals surface area contributed by atoms with E-state index in [2.05, 4.69) is 0 Å². The molecule has 11 heteroatoms. The van der Waals surface area contributed by atoms with Gasteiger partial charge in [0.15, 0.2) is 11.5 Å². The minimum Gasteiger partial charge on any atom is -0.468 e. The number of hydrogen-bond acceptors (Lipinski definition) is 11. The number of methoxy groups -OCH3 is 1. The van der Waals surface area contributed by atoms with Crippen molar-refractivity contribution >= 4 is 24.2 Å². The van der Waals surface area contributed by atoms with E-state index in [9.17, 15) is 19.2 Å². The maximum absolute atomic E-state index is 12.6. The number of hydrogen-bond donors (Lipinski definition) is 1. The second kappa shape index (κ2) is 13.5. The summed E-state index contributed by atoms with van der Waals surface area (Å²) in [6.07, 6.45) is -1.53. The van der Waals surface area contributed by atoms with Crippen LogP contribution < -0.4 is 15.2 Å². The molecule has 0 aliphatic carbocycles. The van der Waals surface area contributed by atoms with Crippen molar-refractivity contribution < 1.29 is 47.6 Å². The lowest BCUT2D eigenvalue weighted by molar-refractivity contribution is -0.153. The molecule has 0 heterocycles. The van der Waals surface area contributed by atoms with Crippen LogP contribution in [-0.4, -0.2) is 54.7 Å². The normalized spacial score (nSPS) is 13.9. The monoisotopic (exact) mass is 539 g/mol. The second-order valence-electron chi connectivity index (χ2n) is 11.0. The predicted molar refractivity (Wildman–Crippen MR) is 138 cm³/mol. The van der Waals surface area contributed by atoms with Gasteiger partial charge in [0.1, 0.15) is 16.7 Å². The molecule has 1 aromatic rings. The number of nitrogens with two attached hydrogens (primary N) is 1. The molecule has 0 amide bonds. The fourth-order valence-electron chi connectivity index (χ4n) is 3.02. The average Bonchev–Trinajstić information content (AvgIpc) is 2.76. The van der Waals surface area contributed by atoms with E-state index in [4.69, 9.17) is 34.2 Å². The molecule has 1 rings (SSSR count). The van der Waals surface area contributed by atoms with Crippen molar-refractivity contribution in [2.75, 3.05) is 13.7 Å². The van der Waals surface area contributed by atoms with Crippen molar-refractivity contribution in [2.24, 2.45) is 11.7 Å². The Bertz CT molecular complexity index is 993. The highest BCUT2D eigenvalue weighted by Gasteiger charge is 2.36. The van der Waals surface area contributed by atoms with Crippen LogP contribution in [0.1, 0.15) is 73.8 Å². The molecule has 0 radical (unpaired) electrons. The first-order valence-corrected chi connectivity index (χ1v) is 12.4. The molecule has 0 saturated heterocycles. The lowest BCUT2D eigenvalue weighted by atomic mass is 9.88. The smallest absolute Gasteiger partial charge is 0.468 e. The van der Waals surface area contributed by atoms with E-state index >= 15 is 0 Å². The van der Waals surface area contributed by atoms with E-state index < -0.39 is 41.0 Å². The molecule has 0 aliphatic rings. The van der Waals surface area contributed by atoms with Gasteiger partial charge in [0.25, 0.3) is 0 Å². The third-order valence-electron chi connectivity index (χ3n) is 5.09. The van der Waals surface area contributed by atoms with Gasteiger partial charge >= 0.3 is 24.2 Å². The topological polar surface area (TPSA) is 150 Å². The summed E-state index contributed by atoms with van der Waals surface area (Å²) in [5.74, 6) is -1.67. The number of benzene rings is 1. The van der Waals surface area contributed by atoms with Crippen LogP contribution in [0.5, 0.6) is 11.5 Å². The summed E-state index contributed by atoms with van der Waals surface area (Å²) < 4.78 is 31.1. The van der Waals surface area contributed by atoms with Crippen molar-refractivity contribution in [1.82, 2.24) is 0 Å². The fraction of sp³-hybridized carbons (Fsp3) is 0.630. The first kappa shape index (κ1) is 32.7. The Morgan fingerprint density at radius 2 is 1.42 bits per heavy atom. The van der Waals surface area contributed by atoms with E-state index in [0.717, 1.165) is 0 Å². The van der Waals surface area contributed by atoms with Crippen molar-refractivity contribution in [3.8, 4) is 11.5 Å². The number of carbonyl (C=O) groups excluding carboxylic acids is 4. The zero-order valence-electron chi connectivity index (χ0n) is 23.8. The Labute approximate surface area is 224 Å². The van der Waals surface area contributed by atoms with Crippen LogP contribution in [0.3, 0.4) is 0 Å². The van der Waals surface area contributed by atoms with Gasteiger partial charge in [0.2, 0.25) is 0 Å². The Kier molecular flexibility index (Phi) is 11.6. The van der Waals surface area contributed by atoms with Gasteiger partial charge in [0, 0.05) is 12.8 Å². The Hall–Kier alpha value is -3.34. The van der Waals surface area contributed by atoms with E-state index in [1.807, 2.05) is 6.92 Å². The summed E-state index contributed by atoms with van der Waals surface area (Å²) in [7, 11) is 1.20. The molecule has 11 nitrogen and oxygen atoms in total. The van der Waals surface area contributed by atoms with Gasteiger partial charge in [-0.25, -0.2) is 9.59 Å². The van der Waals surface area contributed by atoms with Gasteiger partial charge in [-0.05, 0) is 65.7 Å². The lowest BCUT2D eigenvalue weighted by Crippen LogP contribution is -2.51. The van der Waals surface area contributed by atoms with Gasteiger partial charge in [-0.15, -0.1) is 0 Å². The zero-order chi connectivity index (χ0) is 29.3. The second-order valence-corrected chi connectivity index (χ2v) is 11.0. The van der Waals surface area contributed by atoms with Crippen LogP contribution >= 0.6 is 0 Å². The maximum Gasteiger partial charge on any atom is 0.514 e. The first-order valence-electron chi connectivity index (χ1n) is 12.4. The number of carbonyl (C=O) groups is 4.